The van der Waals surface area contributed by atoms with Gasteiger partial charge in [-0.05, 0) is 115 Å². The molecular formula is C23H32O2S. The predicted molar refractivity (Wildman–Crippen MR) is 114 cm³/mol. The summed E-state index contributed by atoms with van der Waals surface area (Å²) < 4.78 is 0. The van der Waals surface area contributed by atoms with Crippen molar-refractivity contribution < 1.29 is 9.90 Å². The van der Waals surface area contributed by atoms with E-state index in [9.17, 15) is 9.90 Å². The zero-order valence-electron chi connectivity index (χ0n) is 17.0. The standard InChI is InChI=1S/C23H32O2S/c1-16-15-19(23(24)25)12-13-21(16)26(3,4,5,6)22-14-11-18-9-7-8-10-20(18)17(22)2/h11-15H,7-10H2,1-6H3,(H,24,25). The van der Waals surface area contributed by atoms with Gasteiger partial charge >= 0.3 is 5.97 Å². The fourth-order valence-electron chi connectivity index (χ4n) is 4.92. The van der Waals surface area contributed by atoms with Gasteiger partial charge in [0.05, 0.1) is 5.56 Å². The largest absolute Gasteiger partial charge is 0.478 e. The third kappa shape index (κ3) is 2.87. The van der Waals surface area contributed by atoms with Crippen molar-refractivity contribution in [3.8, 4) is 0 Å². The van der Waals surface area contributed by atoms with E-state index in [0.29, 0.717) is 5.56 Å². The van der Waals surface area contributed by atoms with E-state index in [1.165, 1.54) is 46.6 Å². The Bertz CT molecular complexity index is 916. The van der Waals surface area contributed by atoms with Crippen molar-refractivity contribution in [2.24, 2.45) is 0 Å². The molecule has 1 aliphatic rings. The number of carbonyl (C=O) groups is 1. The van der Waals surface area contributed by atoms with Gasteiger partial charge in [-0.25, -0.2) is 13.1 Å². The molecule has 1 N–H and O–H groups in total. The second-order valence-electron chi connectivity index (χ2n) is 10.0. The Labute approximate surface area is 156 Å². The molecule has 142 valence electrons. The van der Waals surface area contributed by atoms with Gasteiger partial charge in [0.1, 0.15) is 0 Å². The van der Waals surface area contributed by atoms with E-state index in [4.69, 9.17) is 0 Å². The fourth-order valence-corrected chi connectivity index (χ4v) is 9.52. The summed E-state index contributed by atoms with van der Waals surface area (Å²) >= 11 is 0. The van der Waals surface area contributed by atoms with Crippen LogP contribution in [0.25, 0.3) is 0 Å². The van der Waals surface area contributed by atoms with Gasteiger partial charge in [-0.15, -0.1) is 0 Å². The van der Waals surface area contributed by atoms with Crippen molar-refractivity contribution in [3.63, 3.8) is 0 Å². The van der Waals surface area contributed by atoms with Crippen LogP contribution < -0.4 is 0 Å². The van der Waals surface area contributed by atoms with Crippen molar-refractivity contribution in [1.82, 2.24) is 0 Å². The Morgan fingerprint density at radius 1 is 0.923 bits per heavy atom. The Balaban J connectivity index is 2.29. The lowest BCUT2D eigenvalue weighted by atomic mass is 9.89. The summed E-state index contributed by atoms with van der Waals surface area (Å²) in [5.41, 5.74) is 5.94. The summed E-state index contributed by atoms with van der Waals surface area (Å²) in [5.74, 6) is -0.864. The monoisotopic (exact) mass is 372 g/mol. The molecule has 2 aromatic rings. The quantitative estimate of drug-likeness (QED) is 0.751. The second-order valence-corrected chi connectivity index (χ2v) is 19.3. The summed E-state index contributed by atoms with van der Waals surface area (Å²) in [6.45, 7) is 4.34. The summed E-state index contributed by atoms with van der Waals surface area (Å²) in [7, 11) is -2.81. The number of hydrogen-bond acceptors (Lipinski definition) is 1. The Kier molecular flexibility index (Phi) is 3.94. The summed E-state index contributed by atoms with van der Waals surface area (Å²) in [4.78, 5) is 14.1. The summed E-state index contributed by atoms with van der Waals surface area (Å²) in [5, 5.41) is 9.33. The molecule has 0 saturated carbocycles. The van der Waals surface area contributed by atoms with Crippen molar-refractivity contribution in [3.05, 3.63) is 58.1 Å². The molecule has 0 atom stereocenters. The highest BCUT2D eigenvalue weighted by molar-refractivity contribution is 8.63. The summed E-state index contributed by atoms with van der Waals surface area (Å²) in [6.07, 6.45) is 14.6. The predicted octanol–water partition coefficient (Wildman–Crippen LogP) is 5.69. The third-order valence-corrected chi connectivity index (χ3v) is 11.0. The van der Waals surface area contributed by atoms with Gasteiger partial charge in [-0.1, -0.05) is 12.1 Å². The van der Waals surface area contributed by atoms with Gasteiger partial charge in [-0.3, -0.25) is 0 Å². The van der Waals surface area contributed by atoms with Crippen LogP contribution in [0.3, 0.4) is 0 Å². The minimum absolute atomic E-state index is 0.363. The molecule has 3 heteroatoms. The molecule has 0 saturated heterocycles. The van der Waals surface area contributed by atoms with Crippen LogP contribution in [0.1, 0.15) is 45.5 Å². The first-order valence-corrected chi connectivity index (χ1v) is 13.4. The van der Waals surface area contributed by atoms with Gasteiger partial charge < -0.3 is 5.11 Å². The Morgan fingerprint density at radius 2 is 1.54 bits per heavy atom. The van der Waals surface area contributed by atoms with Gasteiger partial charge in [0.25, 0.3) is 0 Å². The fraction of sp³-hybridized carbons (Fsp3) is 0.435. The lowest BCUT2D eigenvalue weighted by Gasteiger charge is -2.71. The normalized spacial score (nSPS) is 17.2. The number of benzene rings is 2. The van der Waals surface area contributed by atoms with Gasteiger partial charge in [0, 0.05) is 0 Å². The van der Waals surface area contributed by atoms with Crippen molar-refractivity contribution in [2.75, 3.05) is 25.0 Å². The molecule has 1 aliphatic carbocycles. The van der Waals surface area contributed by atoms with Crippen molar-refractivity contribution in [1.29, 1.82) is 0 Å². The first kappa shape index (κ1) is 19.0. The molecule has 0 aliphatic heterocycles. The molecule has 0 aromatic heterocycles. The second kappa shape index (κ2) is 5.39. The first-order chi connectivity index (χ1) is 11.8. The van der Waals surface area contributed by atoms with E-state index in [2.05, 4.69) is 57.1 Å². The molecule has 0 radical (unpaired) electrons. The maximum absolute atomic E-state index is 11.4. The van der Waals surface area contributed by atoms with Crippen LogP contribution in [0.15, 0.2) is 40.1 Å². The molecule has 0 bridgehead atoms. The topological polar surface area (TPSA) is 37.3 Å². The zero-order valence-corrected chi connectivity index (χ0v) is 17.8. The van der Waals surface area contributed by atoms with Gasteiger partial charge in [-0.2, -0.15) is 0 Å². The van der Waals surface area contributed by atoms with E-state index < -0.39 is 14.3 Å². The average molecular weight is 373 g/mol. The molecule has 0 unspecified atom stereocenters. The molecule has 0 heterocycles. The molecule has 26 heavy (non-hydrogen) atoms. The van der Waals surface area contributed by atoms with E-state index in [-0.39, 0.29) is 0 Å². The minimum atomic E-state index is -2.81. The highest BCUT2D eigenvalue weighted by Gasteiger charge is 2.48. The van der Waals surface area contributed by atoms with Crippen LogP contribution in [0.4, 0.5) is 0 Å². The van der Waals surface area contributed by atoms with Gasteiger partial charge in [0.15, 0.2) is 0 Å². The highest BCUT2D eigenvalue weighted by atomic mass is 32.4. The van der Waals surface area contributed by atoms with Crippen LogP contribution in [0, 0.1) is 13.8 Å². The van der Waals surface area contributed by atoms with Gasteiger partial charge in [0.2, 0.25) is 0 Å². The Hall–Kier alpha value is -1.74. The average Bonchev–Trinajstić information content (AvgIpc) is 2.53. The van der Waals surface area contributed by atoms with Crippen LogP contribution in [0.2, 0.25) is 0 Å². The zero-order chi connectivity index (χ0) is 19.4. The van der Waals surface area contributed by atoms with Crippen LogP contribution >= 0.6 is 8.29 Å². The molecule has 0 fully saturated rings. The smallest absolute Gasteiger partial charge is 0.335 e. The number of carboxylic acid groups (broad SMARTS) is 1. The maximum Gasteiger partial charge on any atom is 0.335 e. The molecule has 0 amide bonds. The molecule has 2 nitrogen and oxygen atoms in total. The molecule has 3 rings (SSSR count). The third-order valence-electron chi connectivity index (χ3n) is 6.17. The number of rotatable bonds is 3. The lowest BCUT2D eigenvalue weighted by molar-refractivity contribution is 0.0696. The SMILES string of the molecule is Cc1cc(C(=O)O)ccc1S(C)(C)(C)(C)c1ccc2c(c1C)CCCC2. The van der Waals surface area contributed by atoms with E-state index in [0.717, 1.165) is 5.56 Å². The van der Waals surface area contributed by atoms with E-state index in [1.54, 1.807) is 11.6 Å². The molecule has 2 aromatic carbocycles. The first-order valence-electron chi connectivity index (χ1n) is 9.32. The minimum Gasteiger partial charge on any atom is -0.478 e. The number of fused-ring (bicyclic) bond motifs is 1. The number of carboxylic acids is 1. The number of aromatic carboxylic acids is 1. The Morgan fingerprint density at radius 3 is 2.15 bits per heavy atom. The molecule has 0 spiro atoms. The van der Waals surface area contributed by atoms with Crippen LogP contribution in [-0.4, -0.2) is 36.1 Å². The van der Waals surface area contributed by atoms with Crippen molar-refractivity contribution >= 4 is 14.3 Å². The van der Waals surface area contributed by atoms with Crippen LogP contribution in [-0.2, 0) is 12.8 Å². The number of hydrogen-bond donors (Lipinski definition) is 1. The maximum atomic E-state index is 11.4. The molecular weight excluding hydrogens is 340 g/mol. The summed E-state index contributed by atoms with van der Waals surface area (Å²) in [6, 6.07) is 10.3. The van der Waals surface area contributed by atoms with Crippen LogP contribution in [0.5, 0.6) is 0 Å². The highest BCUT2D eigenvalue weighted by Crippen LogP contribution is 2.90. The van der Waals surface area contributed by atoms with E-state index >= 15 is 0 Å². The van der Waals surface area contributed by atoms with E-state index in [1.807, 2.05) is 6.07 Å². The van der Waals surface area contributed by atoms with Crippen molar-refractivity contribution in [2.45, 2.75) is 49.3 Å². The number of aryl methyl sites for hydroxylation is 2. The lowest BCUT2D eigenvalue weighted by Crippen LogP contribution is -2.34.